The van der Waals surface area contributed by atoms with Gasteiger partial charge in [-0.15, -0.1) is 0 Å². The van der Waals surface area contributed by atoms with Crippen LogP contribution in [0, 0.1) is 23.7 Å². The molecule has 6 atom stereocenters. The van der Waals surface area contributed by atoms with Crippen molar-refractivity contribution in [2.75, 3.05) is 27.9 Å². The van der Waals surface area contributed by atoms with Crippen molar-refractivity contribution in [2.45, 2.75) is 18.3 Å². The molecule has 4 rings (SSSR count). The summed E-state index contributed by atoms with van der Waals surface area (Å²) in [5, 5.41) is 0. The van der Waals surface area contributed by atoms with E-state index in [-0.39, 0.29) is 29.5 Å². The standard InChI is InChI=1S/C13H18O6/c1-16-10-7-4-6-5-19-13(18-3,11(7)14)9(6)8(10)12(15)17-2/h6-10H,4-5H2,1-3H3/t6-,7-,8+,9+,10+,13+/m0/s1. The van der Waals surface area contributed by atoms with Gasteiger partial charge in [-0.05, 0) is 12.3 Å². The average Bonchev–Trinajstić information content (AvgIpc) is 2.77. The van der Waals surface area contributed by atoms with Crippen LogP contribution in [0.25, 0.3) is 0 Å². The second kappa shape index (κ2) is 4.26. The van der Waals surface area contributed by atoms with Crippen LogP contribution in [0.2, 0.25) is 0 Å². The van der Waals surface area contributed by atoms with E-state index < -0.39 is 17.8 Å². The molecule has 0 amide bonds. The van der Waals surface area contributed by atoms with Crippen molar-refractivity contribution in [3.63, 3.8) is 0 Å². The summed E-state index contributed by atoms with van der Waals surface area (Å²) < 4.78 is 21.3. The van der Waals surface area contributed by atoms with Crippen LogP contribution in [0.5, 0.6) is 0 Å². The minimum Gasteiger partial charge on any atom is -0.469 e. The van der Waals surface area contributed by atoms with E-state index in [9.17, 15) is 9.59 Å². The summed E-state index contributed by atoms with van der Waals surface area (Å²) in [5.74, 6) is -2.75. The third-order valence-corrected chi connectivity index (χ3v) is 4.88. The van der Waals surface area contributed by atoms with Gasteiger partial charge in [0.1, 0.15) is 0 Å². The molecule has 19 heavy (non-hydrogen) atoms. The highest BCUT2D eigenvalue weighted by atomic mass is 16.7. The van der Waals surface area contributed by atoms with Gasteiger partial charge in [-0.1, -0.05) is 0 Å². The highest BCUT2D eigenvalue weighted by molar-refractivity contribution is 5.94. The van der Waals surface area contributed by atoms with E-state index in [4.69, 9.17) is 18.9 Å². The first-order chi connectivity index (χ1) is 9.10. The number of fused-ring (bicyclic) bond motifs is 1. The number of ether oxygens (including phenoxy) is 4. The lowest BCUT2D eigenvalue weighted by molar-refractivity contribution is -0.253. The van der Waals surface area contributed by atoms with Crippen LogP contribution >= 0.6 is 0 Å². The lowest BCUT2D eigenvalue weighted by Gasteiger charge is -2.52. The van der Waals surface area contributed by atoms with Gasteiger partial charge in [-0.2, -0.15) is 0 Å². The quantitative estimate of drug-likeness (QED) is 0.672. The SMILES string of the molecule is COC(=O)[C@H]1[C@H](OC)[C@@H]2C[C@H]3CO[C@@](OC)(C2=O)[C@H]31. The zero-order valence-corrected chi connectivity index (χ0v) is 11.3. The Morgan fingerprint density at radius 1 is 1.37 bits per heavy atom. The Kier molecular flexibility index (Phi) is 2.92. The number of carbonyl (C=O) groups excluding carboxylic acids is 2. The maximum Gasteiger partial charge on any atom is 0.311 e. The second-order valence-electron chi connectivity index (χ2n) is 5.42. The minimum atomic E-state index is -1.28. The van der Waals surface area contributed by atoms with Crippen molar-refractivity contribution in [3.8, 4) is 0 Å². The average molecular weight is 270 g/mol. The van der Waals surface area contributed by atoms with E-state index in [1.54, 1.807) is 0 Å². The molecule has 0 aromatic carbocycles. The van der Waals surface area contributed by atoms with E-state index in [1.807, 2.05) is 0 Å². The van der Waals surface area contributed by atoms with Gasteiger partial charge in [0, 0.05) is 20.1 Å². The molecule has 6 nitrogen and oxygen atoms in total. The van der Waals surface area contributed by atoms with Crippen LogP contribution in [-0.4, -0.2) is 51.6 Å². The molecule has 0 aromatic heterocycles. The van der Waals surface area contributed by atoms with Gasteiger partial charge in [0.25, 0.3) is 0 Å². The summed E-state index contributed by atoms with van der Waals surface area (Å²) in [4.78, 5) is 24.6. The first-order valence-corrected chi connectivity index (χ1v) is 6.44. The molecule has 3 aliphatic carbocycles. The van der Waals surface area contributed by atoms with Gasteiger partial charge >= 0.3 is 5.97 Å². The third kappa shape index (κ3) is 1.42. The summed E-state index contributed by atoms with van der Waals surface area (Å²) in [7, 11) is 4.33. The molecule has 1 saturated heterocycles. The number of ketones is 1. The molecule has 0 aromatic rings. The summed E-state index contributed by atoms with van der Waals surface area (Å²) in [5.41, 5.74) is 0. The van der Waals surface area contributed by atoms with E-state index in [1.165, 1.54) is 21.3 Å². The molecule has 106 valence electrons. The number of hydrogen-bond acceptors (Lipinski definition) is 6. The normalized spacial score (nSPS) is 47.5. The van der Waals surface area contributed by atoms with Crippen LogP contribution in [0.4, 0.5) is 0 Å². The number of rotatable bonds is 3. The molecule has 0 radical (unpaired) electrons. The lowest BCUT2D eigenvalue weighted by atomic mass is 9.56. The second-order valence-corrected chi connectivity index (χ2v) is 5.42. The Morgan fingerprint density at radius 3 is 2.68 bits per heavy atom. The summed E-state index contributed by atoms with van der Waals surface area (Å²) in [6.07, 6.45) is 0.256. The number of esters is 1. The number of Topliss-reactive ketones (excluding diaryl/α,β-unsaturated/α-hetero) is 1. The Morgan fingerprint density at radius 2 is 2.11 bits per heavy atom. The van der Waals surface area contributed by atoms with Crippen LogP contribution in [-0.2, 0) is 28.5 Å². The topological polar surface area (TPSA) is 71.1 Å². The van der Waals surface area contributed by atoms with E-state index >= 15 is 0 Å². The van der Waals surface area contributed by atoms with Gasteiger partial charge in [-0.3, -0.25) is 9.59 Å². The first kappa shape index (κ1) is 13.0. The van der Waals surface area contributed by atoms with Crippen molar-refractivity contribution < 1.29 is 28.5 Å². The predicted octanol–water partition coefficient (Wildman–Crippen LogP) is -0.00150. The molecule has 4 bridgehead atoms. The Balaban J connectivity index is 2.07. The van der Waals surface area contributed by atoms with Crippen LogP contribution in [0.15, 0.2) is 0 Å². The largest absolute Gasteiger partial charge is 0.469 e. The molecule has 4 aliphatic rings. The molecule has 6 heteroatoms. The number of carbonyl (C=O) groups is 2. The highest BCUT2D eigenvalue weighted by Gasteiger charge is 2.72. The first-order valence-electron chi connectivity index (χ1n) is 6.44. The van der Waals surface area contributed by atoms with Crippen LogP contribution in [0.3, 0.4) is 0 Å². The van der Waals surface area contributed by atoms with Crippen LogP contribution in [0.1, 0.15) is 6.42 Å². The molecule has 1 aliphatic heterocycles. The van der Waals surface area contributed by atoms with Crippen molar-refractivity contribution >= 4 is 11.8 Å². The summed E-state index contributed by atoms with van der Waals surface area (Å²) >= 11 is 0. The fraction of sp³-hybridized carbons (Fsp3) is 0.846. The summed E-state index contributed by atoms with van der Waals surface area (Å²) in [6.45, 7) is 0.449. The highest BCUT2D eigenvalue weighted by Crippen LogP contribution is 2.58. The maximum atomic E-state index is 12.5. The van der Waals surface area contributed by atoms with Crippen LogP contribution < -0.4 is 0 Å². The number of methoxy groups -OCH3 is 3. The van der Waals surface area contributed by atoms with Gasteiger partial charge in [0.05, 0.1) is 31.7 Å². The lowest BCUT2D eigenvalue weighted by Crippen LogP contribution is -2.67. The van der Waals surface area contributed by atoms with Crippen molar-refractivity contribution in [1.29, 1.82) is 0 Å². The molecule has 0 unspecified atom stereocenters. The smallest absolute Gasteiger partial charge is 0.311 e. The maximum absolute atomic E-state index is 12.5. The fourth-order valence-corrected chi connectivity index (χ4v) is 4.17. The van der Waals surface area contributed by atoms with E-state index in [2.05, 4.69) is 0 Å². The van der Waals surface area contributed by atoms with Gasteiger partial charge in [-0.25, -0.2) is 0 Å². The number of hydrogen-bond donors (Lipinski definition) is 0. The molecule has 1 heterocycles. The predicted molar refractivity (Wildman–Crippen MR) is 62.1 cm³/mol. The minimum absolute atomic E-state index is 0.0965. The van der Waals surface area contributed by atoms with Gasteiger partial charge in [0.2, 0.25) is 5.79 Å². The zero-order valence-electron chi connectivity index (χ0n) is 11.3. The Labute approximate surface area is 111 Å². The molecule has 4 fully saturated rings. The van der Waals surface area contributed by atoms with Crippen molar-refractivity contribution in [3.05, 3.63) is 0 Å². The van der Waals surface area contributed by atoms with E-state index in [0.717, 1.165) is 0 Å². The van der Waals surface area contributed by atoms with E-state index in [0.29, 0.717) is 13.0 Å². The fourth-order valence-electron chi connectivity index (χ4n) is 4.17. The molecular formula is C13H18O6. The molecular weight excluding hydrogens is 252 g/mol. The Bertz CT molecular complexity index is 421. The molecule has 0 spiro atoms. The van der Waals surface area contributed by atoms with Gasteiger partial charge in [0.15, 0.2) is 5.78 Å². The summed E-state index contributed by atoms with van der Waals surface area (Å²) in [6, 6.07) is 0. The zero-order chi connectivity index (χ0) is 13.8. The molecule has 0 N–H and O–H groups in total. The monoisotopic (exact) mass is 270 g/mol. The van der Waals surface area contributed by atoms with Crippen molar-refractivity contribution in [2.24, 2.45) is 23.7 Å². The third-order valence-electron chi connectivity index (χ3n) is 4.88. The van der Waals surface area contributed by atoms with Gasteiger partial charge < -0.3 is 18.9 Å². The van der Waals surface area contributed by atoms with Crippen molar-refractivity contribution in [1.82, 2.24) is 0 Å². The molecule has 3 saturated carbocycles. The Hall–Kier alpha value is -0.980.